The summed E-state index contributed by atoms with van der Waals surface area (Å²) in [4.78, 5) is 22.1. The summed E-state index contributed by atoms with van der Waals surface area (Å²) in [5, 5.41) is 13.2. The molecule has 0 saturated carbocycles. The molecule has 9 heteroatoms. The normalized spacial score (nSPS) is 14.3. The van der Waals surface area contributed by atoms with Gasteiger partial charge in [0, 0.05) is 31.8 Å². The van der Waals surface area contributed by atoms with Crippen molar-refractivity contribution < 1.29 is 18.1 Å². The highest BCUT2D eigenvalue weighted by atomic mass is 32.2. The Bertz CT molecular complexity index is 973. The molecular formula is C19H21N3O5S. The Morgan fingerprint density at radius 3 is 2.46 bits per heavy atom. The van der Waals surface area contributed by atoms with Gasteiger partial charge in [0.15, 0.2) is 0 Å². The van der Waals surface area contributed by atoms with Gasteiger partial charge in [-0.25, -0.2) is 8.42 Å². The fourth-order valence-electron chi connectivity index (χ4n) is 3.14. The molecule has 0 spiro atoms. The first-order chi connectivity index (χ1) is 13.3. The standard InChI is InChI=1S/C19H21N3O5S/c23-19(13-15-5-7-18(8-6-15)22(24)25)20-10-12-28(26,27)21-11-9-16-3-1-2-4-17(16)14-21/h1-8H,9-14H2,(H,20,23). The quantitative estimate of drug-likeness (QED) is 0.558. The van der Waals surface area contributed by atoms with Gasteiger partial charge in [-0.15, -0.1) is 0 Å². The molecule has 0 atom stereocenters. The number of rotatable bonds is 7. The fourth-order valence-corrected chi connectivity index (χ4v) is 4.46. The molecular weight excluding hydrogens is 382 g/mol. The third kappa shape index (κ3) is 4.93. The molecule has 2 aromatic rings. The number of hydrogen-bond acceptors (Lipinski definition) is 5. The molecule has 28 heavy (non-hydrogen) atoms. The van der Waals surface area contributed by atoms with Gasteiger partial charge in [-0.2, -0.15) is 4.31 Å². The molecule has 8 nitrogen and oxygen atoms in total. The lowest BCUT2D eigenvalue weighted by molar-refractivity contribution is -0.384. The Morgan fingerprint density at radius 2 is 1.79 bits per heavy atom. The van der Waals surface area contributed by atoms with Gasteiger partial charge in [-0.1, -0.05) is 36.4 Å². The molecule has 1 heterocycles. The second-order valence-corrected chi connectivity index (χ2v) is 8.71. The summed E-state index contributed by atoms with van der Waals surface area (Å²) in [5.74, 6) is -0.491. The molecule has 0 fully saturated rings. The largest absolute Gasteiger partial charge is 0.355 e. The van der Waals surface area contributed by atoms with Gasteiger partial charge in [0.1, 0.15) is 0 Å². The van der Waals surface area contributed by atoms with Gasteiger partial charge in [0.25, 0.3) is 5.69 Å². The number of nitro benzene ring substituents is 1. The van der Waals surface area contributed by atoms with E-state index in [1.165, 1.54) is 34.1 Å². The van der Waals surface area contributed by atoms with E-state index in [1.54, 1.807) is 0 Å². The van der Waals surface area contributed by atoms with Gasteiger partial charge in [-0.05, 0) is 23.1 Å². The number of hydrogen-bond donors (Lipinski definition) is 1. The minimum Gasteiger partial charge on any atom is -0.355 e. The van der Waals surface area contributed by atoms with Crippen molar-refractivity contribution in [3.63, 3.8) is 0 Å². The molecule has 1 N–H and O–H groups in total. The zero-order valence-electron chi connectivity index (χ0n) is 15.2. The number of nitrogens with zero attached hydrogens (tertiary/aromatic N) is 2. The summed E-state index contributed by atoms with van der Waals surface area (Å²) in [6, 6.07) is 13.5. The van der Waals surface area contributed by atoms with Crippen molar-refractivity contribution in [2.24, 2.45) is 0 Å². The Hall–Kier alpha value is -2.78. The topological polar surface area (TPSA) is 110 Å². The maximum absolute atomic E-state index is 12.5. The van der Waals surface area contributed by atoms with Crippen molar-refractivity contribution in [1.82, 2.24) is 9.62 Å². The van der Waals surface area contributed by atoms with E-state index >= 15 is 0 Å². The number of nitro groups is 1. The summed E-state index contributed by atoms with van der Waals surface area (Å²) in [7, 11) is -3.47. The van der Waals surface area contributed by atoms with Gasteiger partial charge in [-0.3, -0.25) is 14.9 Å². The highest BCUT2D eigenvalue weighted by Gasteiger charge is 2.26. The van der Waals surface area contributed by atoms with Crippen molar-refractivity contribution in [2.45, 2.75) is 19.4 Å². The molecule has 1 aliphatic heterocycles. The number of amides is 1. The number of carbonyl (C=O) groups excluding carboxylic acids is 1. The SMILES string of the molecule is O=C(Cc1ccc([N+](=O)[O-])cc1)NCCS(=O)(=O)N1CCc2ccccc2C1. The Morgan fingerprint density at radius 1 is 1.11 bits per heavy atom. The van der Waals surface area contributed by atoms with Crippen molar-refractivity contribution >= 4 is 21.6 Å². The molecule has 0 unspecified atom stereocenters. The molecule has 0 bridgehead atoms. The Kier molecular flexibility index (Phi) is 6.05. The Balaban J connectivity index is 1.48. The molecule has 1 aliphatic rings. The lowest BCUT2D eigenvalue weighted by atomic mass is 10.0. The zero-order valence-corrected chi connectivity index (χ0v) is 16.0. The van der Waals surface area contributed by atoms with E-state index in [9.17, 15) is 23.3 Å². The second-order valence-electron chi connectivity index (χ2n) is 6.62. The number of benzene rings is 2. The van der Waals surface area contributed by atoms with Crippen LogP contribution in [0.1, 0.15) is 16.7 Å². The van der Waals surface area contributed by atoms with E-state index < -0.39 is 14.9 Å². The molecule has 0 radical (unpaired) electrons. The highest BCUT2D eigenvalue weighted by Crippen LogP contribution is 2.20. The van der Waals surface area contributed by atoms with Crippen molar-refractivity contribution in [1.29, 1.82) is 0 Å². The third-order valence-corrected chi connectivity index (χ3v) is 6.50. The lowest BCUT2D eigenvalue weighted by Gasteiger charge is -2.28. The minimum absolute atomic E-state index is 0.0201. The van der Waals surface area contributed by atoms with E-state index in [1.807, 2.05) is 24.3 Å². The number of carbonyl (C=O) groups is 1. The van der Waals surface area contributed by atoms with Crippen LogP contribution >= 0.6 is 0 Å². The van der Waals surface area contributed by atoms with Crippen molar-refractivity contribution in [3.8, 4) is 0 Å². The summed E-state index contributed by atoms with van der Waals surface area (Å²) in [6.07, 6.45) is 0.719. The maximum atomic E-state index is 12.5. The molecule has 2 aromatic carbocycles. The summed E-state index contributed by atoms with van der Waals surface area (Å²) in [6.45, 7) is 0.817. The van der Waals surface area contributed by atoms with Crippen LogP contribution in [0.25, 0.3) is 0 Å². The average Bonchev–Trinajstić information content (AvgIpc) is 2.68. The minimum atomic E-state index is -3.47. The van der Waals surface area contributed by atoms with Crippen LogP contribution < -0.4 is 5.32 Å². The summed E-state index contributed by atoms with van der Waals surface area (Å²) in [5.41, 5.74) is 2.77. The molecule has 148 valence electrons. The van der Waals surface area contributed by atoms with Gasteiger partial charge < -0.3 is 5.32 Å². The second kappa shape index (κ2) is 8.49. The van der Waals surface area contributed by atoms with Crippen molar-refractivity contribution in [2.75, 3.05) is 18.8 Å². The van der Waals surface area contributed by atoms with E-state index in [4.69, 9.17) is 0 Å². The number of non-ortho nitro benzene ring substituents is 1. The first-order valence-electron chi connectivity index (χ1n) is 8.90. The molecule has 0 saturated heterocycles. The Labute approximate surface area is 163 Å². The van der Waals surface area contributed by atoms with Crippen LogP contribution in [-0.2, 0) is 34.2 Å². The highest BCUT2D eigenvalue weighted by molar-refractivity contribution is 7.89. The van der Waals surface area contributed by atoms with E-state index in [-0.39, 0.29) is 30.3 Å². The van der Waals surface area contributed by atoms with Crippen LogP contribution in [0, 0.1) is 10.1 Å². The lowest BCUT2D eigenvalue weighted by Crippen LogP contribution is -2.40. The van der Waals surface area contributed by atoms with Crippen LogP contribution in [0.15, 0.2) is 48.5 Å². The fraction of sp³-hybridized carbons (Fsp3) is 0.316. The van der Waals surface area contributed by atoms with E-state index in [0.29, 0.717) is 25.1 Å². The van der Waals surface area contributed by atoms with E-state index in [0.717, 1.165) is 5.56 Å². The van der Waals surface area contributed by atoms with Crippen LogP contribution in [-0.4, -0.2) is 42.4 Å². The number of fused-ring (bicyclic) bond motifs is 1. The van der Waals surface area contributed by atoms with Gasteiger partial charge in [0.2, 0.25) is 15.9 Å². The van der Waals surface area contributed by atoms with E-state index in [2.05, 4.69) is 5.32 Å². The van der Waals surface area contributed by atoms with Crippen LogP contribution in [0.4, 0.5) is 5.69 Å². The monoisotopic (exact) mass is 403 g/mol. The predicted octanol–water partition coefficient (Wildman–Crippen LogP) is 1.64. The predicted molar refractivity (Wildman–Crippen MR) is 104 cm³/mol. The maximum Gasteiger partial charge on any atom is 0.269 e. The average molecular weight is 403 g/mol. The molecule has 0 aromatic heterocycles. The molecule has 0 aliphatic carbocycles. The van der Waals surface area contributed by atoms with Crippen molar-refractivity contribution in [3.05, 3.63) is 75.3 Å². The smallest absolute Gasteiger partial charge is 0.269 e. The molecule has 1 amide bonds. The van der Waals surface area contributed by atoms with Crippen LogP contribution in [0.2, 0.25) is 0 Å². The number of nitrogens with one attached hydrogen (secondary N) is 1. The van der Waals surface area contributed by atoms with Gasteiger partial charge in [0.05, 0.1) is 17.1 Å². The number of sulfonamides is 1. The van der Waals surface area contributed by atoms with Crippen LogP contribution in [0.5, 0.6) is 0 Å². The molecule has 3 rings (SSSR count). The van der Waals surface area contributed by atoms with Gasteiger partial charge >= 0.3 is 0 Å². The summed E-state index contributed by atoms with van der Waals surface area (Å²) >= 11 is 0. The summed E-state index contributed by atoms with van der Waals surface area (Å²) < 4.78 is 26.6. The first-order valence-corrected chi connectivity index (χ1v) is 10.5. The third-order valence-electron chi connectivity index (χ3n) is 4.68. The van der Waals surface area contributed by atoms with Crippen LogP contribution in [0.3, 0.4) is 0 Å². The first kappa shape index (κ1) is 20.0. The zero-order chi connectivity index (χ0) is 20.1.